The van der Waals surface area contributed by atoms with Gasteiger partial charge in [0.2, 0.25) is 0 Å². The minimum Gasteiger partial charge on any atom is -0.384 e. The molecule has 0 amide bonds. The van der Waals surface area contributed by atoms with Crippen LogP contribution in [-0.2, 0) is 0 Å². The van der Waals surface area contributed by atoms with Gasteiger partial charge in [-0.05, 0) is 24.4 Å². The number of imidazole rings is 1. The fourth-order valence-electron chi connectivity index (χ4n) is 2.36. The van der Waals surface area contributed by atoms with E-state index in [1.54, 1.807) is 6.20 Å². The van der Waals surface area contributed by atoms with Crippen molar-refractivity contribution in [2.45, 2.75) is 6.92 Å². The van der Waals surface area contributed by atoms with Crippen molar-refractivity contribution in [2.24, 2.45) is 5.73 Å². The summed E-state index contributed by atoms with van der Waals surface area (Å²) in [7, 11) is 0. The standard InChI is InChI=1S/C15H14N4/c1-10-18-8-9-19(10)14-7-6-13(15(16)17)11-4-2-3-5-12(11)14/h2-9H,1H3,(H3,16,17). The molecule has 3 N–H and O–H groups in total. The van der Waals surface area contributed by atoms with E-state index in [9.17, 15) is 0 Å². The van der Waals surface area contributed by atoms with Crippen LogP contribution in [0.15, 0.2) is 48.8 Å². The molecule has 0 aliphatic carbocycles. The molecular formula is C15H14N4. The van der Waals surface area contributed by atoms with Crippen LogP contribution in [0.1, 0.15) is 11.4 Å². The molecule has 1 heterocycles. The first-order valence-electron chi connectivity index (χ1n) is 6.05. The van der Waals surface area contributed by atoms with Crippen LogP contribution in [0.4, 0.5) is 0 Å². The Hall–Kier alpha value is -2.62. The minimum atomic E-state index is 0.0881. The molecule has 0 aliphatic heterocycles. The number of aryl methyl sites for hydroxylation is 1. The monoisotopic (exact) mass is 250 g/mol. The van der Waals surface area contributed by atoms with Crippen molar-refractivity contribution in [1.29, 1.82) is 5.41 Å². The Morgan fingerprint density at radius 1 is 1.16 bits per heavy atom. The molecule has 3 aromatic rings. The number of aromatic nitrogens is 2. The molecule has 4 heteroatoms. The molecule has 94 valence electrons. The second-order valence-electron chi connectivity index (χ2n) is 4.44. The lowest BCUT2D eigenvalue weighted by molar-refractivity contribution is 0.983. The Bertz CT molecular complexity index is 771. The number of hydrogen-bond acceptors (Lipinski definition) is 2. The van der Waals surface area contributed by atoms with E-state index in [1.165, 1.54) is 0 Å². The molecule has 0 saturated heterocycles. The van der Waals surface area contributed by atoms with Gasteiger partial charge < -0.3 is 10.3 Å². The third-order valence-corrected chi connectivity index (χ3v) is 3.28. The van der Waals surface area contributed by atoms with E-state index in [0.29, 0.717) is 0 Å². The molecule has 19 heavy (non-hydrogen) atoms. The highest BCUT2D eigenvalue weighted by Gasteiger charge is 2.09. The van der Waals surface area contributed by atoms with E-state index < -0.39 is 0 Å². The summed E-state index contributed by atoms with van der Waals surface area (Å²) in [4.78, 5) is 4.25. The Morgan fingerprint density at radius 3 is 2.53 bits per heavy atom. The lowest BCUT2D eigenvalue weighted by Crippen LogP contribution is -2.12. The van der Waals surface area contributed by atoms with Crippen molar-refractivity contribution >= 4 is 16.6 Å². The van der Waals surface area contributed by atoms with Crippen molar-refractivity contribution in [3.05, 3.63) is 60.2 Å². The molecule has 0 bridgehead atoms. The number of nitrogens with zero attached hydrogens (tertiary/aromatic N) is 2. The number of nitrogens with two attached hydrogens (primary N) is 1. The quantitative estimate of drug-likeness (QED) is 0.542. The summed E-state index contributed by atoms with van der Waals surface area (Å²) in [6, 6.07) is 11.8. The van der Waals surface area contributed by atoms with Crippen molar-refractivity contribution in [2.75, 3.05) is 0 Å². The summed E-state index contributed by atoms with van der Waals surface area (Å²) >= 11 is 0. The summed E-state index contributed by atoms with van der Waals surface area (Å²) in [6.07, 6.45) is 3.72. The molecule has 0 fully saturated rings. The fourth-order valence-corrected chi connectivity index (χ4v) is 2.36. The van der Waals surface area contributed by atoms with Gasteiger partial charge in [0.05, 0.1) is 5.69 Å². The number of fused-ring (bicyclic) bond motifs is 1. The molecule has 0 radical (unpaired) electrons. The van der Waals surface area contributed by atoms with Gasteiger partial charge in [0.25, 0.3) is 0 Å². The van der Waals surface area contributed by atoms with Crippen LogP contribution in [-0.4, -0.2) is 15.4 Å². The van der Waals surface area contributed by atoms with E-state index in [1.807, 2.05) is 54.1 Å². The first-order chi connectivity index (χ1) is 9.18. The number of hydrogen-bond donors (Lipinski definition) is 2. The number of amidine groups is 1. The van der Waals surface area contributed by atoms with Crippen LogP contribution in [0.25, 0.3) is 16.5 Å². The zero-order chi connectivity index (χ0) is 13.4. The SMILES string of the molecule is Cc1nccn1-c1ccc(C(=N)N)c2ccccc12. The average Bonchev–Trinajstić information content (AvgIpc) is 2.83. The van der Waals surface area contributed by atoms with Crippen molar-refractivity contribution in [3.63, 3.8) is 0 Å². The smallest absolute Gasteiger partial charge is 0.123 e. The molecule has 0 atom stereocenters. The van der Waals surface area contributed by atoms with Gasteiger partial charge in [-0.3, -0.25) is 5.41 Å². The van der Waals surface area contributed by atoms with E-state index in [2.05, 4.69) is 4.98 Å². The molecule has 2 aromatic carbocycles. The van der Waals surface area contributed by atoms with Crippen LogP contribution in [0.2, 0.25) is 0 Å². The van der Waals surface area contributed by atoms with Crippen LogP contribution in [0, 0.1) is 12.3 Å². The minimum absolute atomic E-state index is 0.0881. The van der Waals surface area contributed by atoms with Gasteiger partial charge in [-0.15, -0.1) is 0 Å². The maximum Gasteiger partial charge on any atom is 0.123 e. The molecule has 3 rings (SSSR count). The lowest BCUT2D eigenvalue weighted by atomic mass is 10.0. The summed E-state index contributed by atoms with van der Waals surface area (Å²) in [5.41, 5.74) is 7.46. The van der Waals surface area contributed by atoms with Crippen LogP contribution < -0.4 is 5.73 Å². The largest absolute Gasteiger partial charge is 0.384 e. The molecule has 0 saturated carbocycles. The van der Waals surface area contributed by atoms with Gasteiger partial charge in [0.1, 0.15) is 11.7 Å². The fraction of sp³-hybridized carbons (Fsp3) is 0.0667. The van der Waals surface area contributed by atoms with Crippen molar-refractivity contribution in [3.8, 4) is 5.69 Å². The van der Waals surface area contributed by atoms with Crippen molar-refractivity contribution < 1.29 is 0 Å². The highest BCUT2D eigenvalue weighted by molar-refractivity contribution is 6.09. The normalized spacial score (nSPS) is 10.8. The number of rotatable bonds is 2. The molecule has 0 aliphatic rings. The molecule has 0 unspecified atom stereocenters. The second-order valence-corrected chi connectivity index (χ2v) is 4.44. The predicted molar refractivity (Wildman–Crippen MR) is 76.8 cm³/mol. The van der Waals surface area contributed by atoms with Gasteiger partial charge >= 0.3 is 0 Å². The zero-order valence-corrected chi connectivity index (χ0v) is 10.6. The predicted octanol–water partition coefficient (Wildman–Crippen LogP) is 2.62. The third kappa shape index (κ3) is 1.78. The molecule has 4 nitrogen and oxygen atoms in total. The maximum atomic E-state index is 7.66. The summed E-state index contributed by atoms with van der Waals surface area (Å²) in [5, 5.41) is 9.72. The first kappa shape index (κ1) is 11.5. The van der Waals surface area contributed by atoms with Gasteiger partial charge in [-0.25, -0.2) is 4.98 Å². The Balaban J connectivity index is 2.38. The number of nitrogens with one attached hydrogen (secondary N) is 1. The zero-order valence-electron chi connectivity index (χ0n) is 10.6. The summed E-state index contributed by atoms with van der Waals surface area (Å²) < 4.78 is 2.03. The lowest BCUT2D eigenvalue weighted by Gasteiger charge is -2.12. The third-order valence-electron chi connectivity index (χ3n) is 3.28. The Kier molecular flexibility index (Phi) is 2.56. The van der Waals surface area contributed by atoms with Gasteiger partial charge in [0, 0.05) is 23.3 Å². The highest BCUT2D eigenvalue weighted by Crippen LogP contribution is 2.26. The Morgan fingerprint density at radius 2 is 1.89 bits per heavy atom. The Labute approximate surface area is 111 Å². The maximum absolute atomic E-state index is 7.66. The van der Waals surface area contributed by atoms with E-state index in [0.717, 1.165) is 27.8 Å². The van der Waals surface area contributed by atoms with E-state index in [4.69, 9.17) is 11.1 Å². The van der Waals surface area contributed by atoms with Crippen LogP contribution in [0.5, 0.6) is 0 Å². The van der Waals surface area contributed by atoms with Gasteiger partial charge in [-0.2, -0.15) is 0 Å². The molecular weight excluding hydrogens is 236 g/mol. The van der Waals surface area contributed by atoms with E-state index in [-0.39, 0.29) is 5.84 Å². The van der Waals surface area contributed by atoms with Crippen LogP contribution >= 0.6 is 0 Å². The van der Waals surface area contributed by atoms with Crippen LogP contribution in [0.3, 0.4) is 0 Å². The summed E-state index contributed by atoms with van der Waals surface area (Å²) in [6.45, 7) is 1.97. The highest BCUT2D eigenvalue weighted by atomic mass is 15.1. The topological polar surface area (TPSA) is 67.7 Å². The molecule has 0 spiro atoms. The van der Waals surface area contributed by atoms with Gasteiger partial charge in [0.15, 0.2) is 0 Å². The number of nitrogen functional groups attached to an aromatic ring is 1. The first-order valence-corrected chi connectivity index (χ1v) is 6.05. The summed E-state index contributed by atoms with van der Waals surface area (Å²) in [5.74, 6) is 1.02. The molecule has 1 aromatic heterocycles. The number of benzene rings is 2. The van der Waals surface area contributed by atoms with Gasteiger partial charge in [-0.1, -0.05) is 24.3 Å². The average molecular weight is 250 g/mol. The second kappa shape index (κ2) is 4.24. The van der Waals surface area contributed by atoms with Crippen molar-refractivity contribution in [1.82, 2.24) is 9.55 Å². The van der Waals surface area contributed by atoms with E-state index >= 15 is 0 Å².